The summed E-state index contributed by atoms with van der Waals surface area (Å²) in [5.41, 5.74) is 0.936. The van der Waals surface area contributed by atoms with Crippen molar-refractivity contribution < 1.29 is 13.2 Å². The number of hydrogen-bond donors (Lipinski definition) is 1. The Bertz CT molecular complexity index is 1170. The third kappa shape index (κ3) is 4.67. The summed E-state index contributed by atoms with van der Waals surface area (Å²) < 4.78 is 29.6. The van der Waals surface area contributed by atoms with Gasteiger partial charge >= 0.3 is 0 Å². The first-order valence-electron chi connectivity index (χ1n) is 10.7. The highest BCUT2D eigenvalue weighted by atomic mass is 32.2. The summed E-state index contributed by atoms with van der Waals surface area (Å²) in [6.45, 7) is 5.46. The molecule has 168 valence electrons. The SMILES string of the molecule is CC(C)n1cnnc1C1CCCN(C(=O)c2ccc(NS(=O)(=O)c3ccccc3)cc2)C1. The van der Waals surface area contributed by atoms with Gasteiger partial charge in [-0.1, -0.05) is 18.2 Å². The number of carbonyl (C=O) groups excluding carboxylic acids is 1. The molecule has 8 nitrogen and oxygen atoms in total. The number of amides is 1. The molecule has 0 spiro atoms. The van der Waals surface area contributed by atoms with Crippen LogP contribution in [0.1, 0.15) is 54.8 Å². The lowest BCUT2D eigenvalue weighted by Crippen LogP contribution is -2.39. The quantitative estimate of drug-likeness (QED) is 0.614. The second-order valence-electron chi connectivity index (χ2n) is 8.28. The van der Waals surface area contributed by atoms with Crippen LogP contribution in [-0.4, -0.2) is 47.1 Å². The minimum absolute atomic E-state index is 0.0669. The summed E-state index contributed by atoms with van der Waals surface area (Å²) in [6, 6.07) is 15.0. The molecule has 1 fully saturated rings. The van der Waals surface area contributed by atoms with Crippen molar-refractivity contribution in [1.82, 2.24) is 19.7 Å². The van der Waals surface area contributed by atoms with Crippen molar-refractivity contribution in [2.24, 2.45) is 0 Å². The zero-order valence-electron chi connectivity index (χ0n) is 18.2. The number of rotatable bonds is 6. The molecule has 0 saturated carbocycles. The standard InChI is InChI=1S/C23H27N5O3S/c1-17(2)28-16-24-25-22(28)19-7-6-14-27(15-19)23(29)18-10-12-20(13-11-18)26-32(30,31)21-8-4-3-5-9-21/h3-5,8-13,16-17,19,26H,6-7,14-15H2,1-2H3. The van der Waals surface area contributed by atoms with Gasteiger partial charge in [-0.05, 0) is 63.1 Å². The molecule has 1 atom stereocenters. The maximum absolute atomic E-state index is 13.1. The molecular weight excluding hydrogens is 426 g/mol. The first kappa shape index (κ1) is 22.0. The summed E-state index contributed by atoms with van der Waals surface area (Å²) in [7, 11) is -3.67. The van der Waals surface area contributed by atoms with Crippen molar-refractivity contribution in [2.45, 2.75) is 43.5 Å². The Morgan fingerprint density at radius 3 is 2.50 bits per heavy atom. The van der Waals surface area contributed by atoms with Gasteiger partial charge < -0.3 is 9.47 Å². The number of sulfonamides is 1. The number of piperidine rings is 1. The topological polar surface area (TPSA) is 97.2 Å². The highest BCUT2D eigenvalue weighted by Crippen LogP contribution is 2.28. The van der Waals surface area contributed by atoms with E-state index in [0.29, 0.717) is 24.3 Å². The summed E-state index contributed by atoms with van der Waals surface area (Å²) >= 11 is 0. The van der Waals surface area contributed by atoms with Crippen LogP contribution in [0.2, 0.25) is 0 Å². The van der Waals surface area contributed by atoms with Crippen LogP contribution in [0.4, 0.5) is 5.69 Å². The number of likely N-dealkylation sites (tertiary alicyclic amines) is 1. The van der Waals surface area contributed by atoms with Gasteiger partial charge in [-0.15, -0.1) is 10.2 Å². The minimum Gasteiger partial charge on any atom is -0.338 e. The van der Waals surface area contributed by atoms with Crippen molar-refractivity contribution in [1.29, 1.82) is 0 Å². The second-order valence-corrected chi connectivity index (χ2v) is 9.96. The monoisotopic (exact) mass is 453 g/mol. The maximum Gasteiger partial charge on any atom is 0.261 e. The van der Waals surface area contributed by atoms with Gasteiger partial charge in [-0.3, -0.25) is 9.52 Å². The lowest BCUT2D eigenvalue weighted by atomic mass is 9.96. The second kappa shape index (κ2) is 9.12. The molecule has 1 aromatic heterocycles. The predicted molar refractivity (Wildman–Crippen MR) is 122 cm³/mol. The van der Waals surface area contributed by atoms with Gasteiger partial charge in [0.05, 0.1) is 4.90 Å². The van der Waals surface area contributed by atoms with E-state index in [-0.39, 0.29) is 22.8 Å². The third-order valence-corrected chi connectivity index (χ3v) is 7.07. The average molecular weight is 454 g/mol. The Hall–Kier alpha value is -3.20. The van der Waals surface area contributed by atoms with Crippen LogP contribution in [0.15, 0.2) is 65.8 Å². The molecule has 9 heteroatoms. The Labute approximate surface area is 188 Å². The molecule has 3 aromatic rings. The maximum atomic E-state index is 13.1. The average Bonchev–Trinajstić information content (AvgIpc) is 3.30. The molecule has 1 N–H and O–H groups in total. The van der Waals surface area contributed by atoms with Crippen LogP contribution in [-0.2, 0) is 10.0 Å². The van der Waals surface area contributed by atoms with E-state index in [4.69, 9.17) is 0 Å². The van der Waals surface area contributed by atoms with Crippen LogP contribution < -0.4 is 4.72 Å². The van der Waals surface area contributed by atoms with E-state index in [0.717, 1.165) is 18.7 Å². The normalized spacial score (nSPS) is 16.8. The largest absolute Gasteiger partial charge is 0.338 e. The predicted octanol–water partition coefficient (Wildman–Crippen LogP) is 3.68. The Kier molecular flexibility index (Phi) is 6.27. The molecule has 4 rings (SSSR count). The van der Waals surface area contributed by atoms with Crippen LogP contribution >= 0.6 is 0 Å². The zero-order valence-corrected chi connectivity index (χ0v) is 19.0. The Balaban J connectivity index is 1.45. The molecule has 32 heavy (non-hydrogen) atoms. The number of carbonyl (C=O) groups is 1. The lowest BCUT2D eigenvalue weighted by molar-refractivity contribution is 0.0703. The first-order valence-corrected chi connectivity index (χ1v) is 12.2. The molecule has 1 aliphatic rings. The van der Waals surface area contributed by atoms with E-state index < -0.39 is 10.0 Å². The van der Waals surface area contributed by atoms with Crippen molar-refractivity contribution in [3.05, 3.63) is 72.3 Å². The molecule has 0 radical (unpaired) electrons. The highest BCUT2D eigenvalue weighted by molar-refractivity contribution is 7.92. The fourth-order valence-corrected chi connectivity index (χ4v) is 5.07. The van der Waals surface area contributed by atoms with Crippen LogP contribution in [0.25, 0.3) is 0 Å². The van der Waals surface area contributed by atoms with Gasteiger partial charge in [0, 0.05) is 36.3 Å². The summed E-state index contributed by atoms with van der Waals surface area (Å²) in [4.78, 5) is 15.1. The van der Waals surface area contributed by atoms with Gasteiger partial charge in [-0.2, -0.15) is 0 Å². The van der Waals surface area contributed by atoms with E-state index in [1.54, 1.807) is 48.8 Å². The van der Waals surface area contributed by atoms with E-state index in [1.807, 2.05) is 4.90 Å². The molecule has 1 unspecified atom stereocenters. The third-order valence-electron chi connectivity index (χ3n) is 5.67. The van der Waals surface area contributed by atoms with E-state index in [2.05, 4.69) is 33.3 Å². The van der Waals surface area contributed by atoms with Crippen molar-refractivity contribution >= 4 is 21.6 Å². The number of nitrogens with zero attached hydrogens (tertiary/aromatic N) is 4. The molecule has 2 heterocycles. The smallest absolute Gasteiger partial charge is 0.261 e. The molecule has 0 aliphatic carbocycles. The number of hydrogen-bond acceptors (Lipinski definition) is 5. The van der Waals surface area contributed by atoms with E-state index in [1.165, 1.54) is 12.1 Å². The Morgan fingerprint density at radius 1 is 1.09 bits per heavy atom. The highest BCUT2D eigenvalue weighted by Gasteiger charge is 2.29. The summed E-state index contributed by atoms with van der Waals surface area (Å²) in [6.07, 6.45) is 3.61. The van der Waals surface area contributed by atoms with Gasteiger partial charge in [0.1, 0.15) is 12.2 Å². The lowest BCUT2D eigenvalue weighted by Gasteiger charge is -2.33. The number of nitrogens with one attached hydrogen (secondary N) is 1. The van der Waals surface area contributed by atoms with Crippen LogP contribution in [0.5, 0.6) is 0 Å². The van der Waals surface area contributed by atoms with Crippen molar-refractivity contribution in [3.8, 4) is 0 Å². The molecule has 2 aromatic carbocycles. The van der Waals surface area contributed by atoms with Gasteiger partial charge in [0.25, 0.3) is 15.9 Å². The number of anilines is 1. The number of aromatic nitrogens is 3. The van der Waals surface area contributed by atoms with Gasteiger partial charge in [0.2, 0.25) is 0 Å². The van der Waals surface area contributed by atoms with E-state index in [9.17, 15) is 13.2 Å². The van der Waals surface area contributed by atoms with E-state index >= 15 is 0 Å². The zero-order chi connectivity index (χ0) is 22.7. The summed E-state index contributed by atoms with van der Waals surface area (Å²) in [5.74, 6) is 1.00. The van der Waals surface area contributed by atoms with Crippen LogP contribution in [0, 0.1) is 0 Å². The minimum atomic E-state index is -3.67. The first-order chi connectivity index (χ1) is 15.3. The van der Waals surface area contributed by atoms with Crippen molar-refractivity contribution in [3.63, 3.8) is 0 Å². The summed E-state index contributed by atoms with van der Waals surface area (Å²) in [5, 5.41) is 8.37. The number of benzene rings is 2. The van der Waals surface area contributed by atoms with Crippen LogP contribution in [0.3, 0.4) is 0 Å². The van der Waals surface area contributed by atoms with Crippen molar-refractivity contribution in [2.75, 3.05) is 17.8 Å². The fourth-order valence-electron chi connectivity index (χ4n) is 3.99. The Morgan fingerprint density at radius 2 is 1.81 bits per heavy atom. The molecular formula is C23H27N5O3S. The molecule has 1 saturated heterocycles. The molecule has 1 aliphatic heterocycles. The van der Waals surface area contributed by atoms with Gasteiger partial charge in [-0.25, -0.2) is 8.42 Å². The fraction of sp³-hybridized carbons (Fsp3) is 0.348. The molecule has 0 bridgehead atoms. The van der Waals surface area contributed by atoms with Gasteiger partial charge in [0.15, 0.2) is 0 Å². The molecule has 1 amide bonds.